The van der Waals surface area contributed by atoms with Crippen LogP contribution in [0.4, 0.5) is 5.69 Å². The number of hydrogen-bond donors (Lipinski definition) is 1. The van der Waals surface area contributed by atoms with Crippen LogP contribution in [0.5, 0.6) is 0 Å². The number of hydrogen-bond acceptors (Lipinski definition) is 2. The smallest absolute Gasteiger partial charge is 0.232 e. The summed E-state index contributed by atoms with van der Waals surface area (Å²) in [6, 6.07) is 17.0. The summed E-state index contributed by atoms with van der Waals surface area (Å²) >= 11 is 3.32. The SMILES string of the molecule is O=S(=O)(CCCc1ccccc1)Nc1cccc(Br)c1. The summed E-state index contributed by atoms with van der Waals surface area (Å²) in [5.41, 5.74) is 1.74. The van der Waals surface area contributed by atoms with Crippen LogP contribution in [-0.2, 0) is 16.4 Å². The number of anilines is 1. The van der Waals surface area contributed by atoms with Gasteiger partial charge in [-0.05, 0) is 36.6 Å². The zero-order chi connectivity index (χ0) is 14.4. The van der Waals surface area contributed by atoms with Gasteiger partial charge in [-0.1, -0.05) is 52.3 Å². The summed E-state index contributed by atoms with van der Waals surface area (Å²) < 4.78 is 27.4. The summed E-state index contributed by atoms with van der Waals surface area (Å²) in [5.74, 6) is 0.119. The maximum absolute atomic E-state index is 12.0. The molecular weight excluding hydrogens is 338 g/mol. The molecule has 0 bridgehead atoms. The minimum atomic E-state index is -3.29. The maximum Gasteiger partial charge on any atom is 0.232 e. The Hall–Kier alpha value is -1.33. The van der Waals surface area contributed by atoms with Crippen LogP contribution in [0.25, 0.3) is 0 Å². The van der Waals surface area contributed by atoms with Crippen molar-refractivity contribution in [1.82, 2.24) is 0 Å². The van der Waals surface area contributed by atoms with Crippen LogP contribution in [0, 0.1) is 0 Å². The zero-order valence-corrected chi connectivity index (χ0v) is 13.3. The molecule has 0 aromatic heterocycles. The van der Waals surface area contributed by atoms with Crippen molar-refractivity contribution in [2.75, 3.05) is 10.5 Å². The van der Waals surface area contributed by atoms with E-state index in [9.17, 15) is 8.42 Å². The third kappa shape index (κ3) is 4.98. The highest BCUT2D eigenvalue weighted by molar-refractivity contribution is 9.10. The number of rotatable bonds is 6. The minimum absolute atomic E-state index is 0.119. The molecule has 0 fully saturated rings. The molecule has 0 saturated heterocycles. The van der Waals surface area contributed by atoms with E-state index in [0.717, 1.165) is 16.5 Å². The van der Waals surface area contributed by atoms with Crippen molar-refractivity contribution in [2.24, 2.45) is 0 Å². The average Bonchev–Trinajstić information content (AvgIpc) is 2.39. The topological polar surface area (TPSA) is 46.2 Å². The van der Waals surface area contributed by atoms with Gasteiger partial charge in [-0.2, -0.15) is 0 Å². The first kappa shape index (κ1) is 15.1. The van der Waals surface area contributed by atoms with Crippen molar-refractivity contribution < 1.29 is 8.42 Å². The Morgan fingerprint density at radius 1 is 1.00 bits per heavy atom. The molecule has 0 heterocycles. The summed E-state index contributed by atoms with van der Waals surface area (Å²) in [4.78, 5) is 0. The van der Waals surface area contributed by atoms with Gasteiger partial charge >= 0.3 is 0 Å². The second-order valence-electron chi connectivity index (χ2n) is 4.52. The van der Waals surface area contributed by atoms with Crippen LogP contribution < -0.4 is 4.72 Å². The predicted octanol–water partition coefficient (Wildman–Crippen LogP) is 3.82. The number of benzene rings is 2. The Morgan fingerprint density at radius 3 is 2.45 bits per heavy atom. The van der Waals surface area contributed by atoms with Crippen molar-refractivity contribution in [2.45, 2.75) is 12.8 Å². The van der Waals surface area contributed by atoms with E-state index in [0.29, 0.717) is 12.1 Å². The maximum atomic E-state index is 12.0. The molecule has 106 valence electrons. The molecule has 20 heavy (non-hydrogen) atoms. The van der Waals surface area contributed by atoms with Gasteiger partial charge in [0, 0.05) is 10.2 Å². The number of aryl methyl sites for hydroxylation is 1. The lowest BCUT2D eigenvalue weighted by Gasteiger charge is -2.08. The second kappa shape index (κ2) is 6.90. The molecule has 5 heteroatoms. The first-order valence-corrected chi connectivity index (χ1v) is 8.80. The zero-order valence-electron chi connectivity index (χ0n) is 10.9. The molecule has 2 aromatic rings. The van der Waals surface area contributed by atoms with Crippen LogP contribution >= 0.6 is 15.9 Å². The van der Waals surface area contributed by atoms with Gasteiger partial charge in [0.1, 0.15) is 0 Å². The van der Waals surface area contributed by atoms with Gasteiger partial charge in [0.15, 0.2) is 0 Å². The standard InChI is InChI=1S/C15H16BrNO2S/c16-14-9-4-10-15(12-14)17-20(18,19)11-5-8-13-6-2-1-3-7-13/h1-4,6-7,9-10,12,17H,5,8,11H2. The molecule has 0 radical (unpaired) electrons. The molecule has 1 N–H and O–H groups in total. The van der Waals surface area contributed by atoms with Crippen LogP contribution in [0.3, 0.4) is 0 Å². The fourth-order valence-corrected chi connectivity index (χ4v) is 3.41. The lowest BCUT2D eigenvalue weighted by molar-refractivity contribution is 0.598. The van der Waals surface area contributed by atoms with E-state index >= 15 is 0 Å². The van der Waals surface area contributed by atoms with Crippen LogP contribution in [0.1, 0.15) is 12.0 Å². The lowest BCUT2D eigenvalue weighted by Crippen LogP contribution is -2.17. The molecule has 2 aromatic carbocycles. The molecule has 0 aliphatic heterocycles. The normalized spacial score (nSPS) is 11.2. The second-order valence-corrected chi connectivity index (χ2v) is 7.28. The third-order valence-electron chi connectivity index (χ3n) is 2.82. The predicted molar refractivity (Wildman–Crippen MR) is 86.3 cm³/mol. The monoisotopic (exact) mass is 353 g/mol. The quantitative estimate of drug-likeness (QED) is 0.857. The highest BCUT2D eigenvalue weighted by Crippen LogP contribution is 2.17. The number of nitrogens with one attached hydrogen (secondary N) is 1. The van der Waals surface area contributed by atoms with E-state index < -0.39 is 10.0 Å². The number of sulfonamides is 1. The molecule has 0 saturated carbocycles. The Bertz CT molecular complexity index is 657. The molecule has 0 spiro atoms. The Labute approximate surface area is 128 Å². The van der Waals surface area contributed by atoms with Gasteiger partial charge in [0.25, 0.3) is 0 Å². The van der Waals surface area contributed by atoms with Crippen LogP contribution in [0.2, 0.25) is 0 Å². The van der Waals surface area contributed by atoms with E-state index in [-0.39, 0.29) is 5.75 Å². The van der Waals surface area contributed by atoms with Crippen molar-refractivity contribution in [3.05, 3.63) is 64.6 Å². The van der Waals surface area contributed by atoms with Crippen molar-refractivity contribution in [3.63, 3.8) is 0 Å². The van der Waals surface area contributed by atoms with Crippen molar-refractivity contribution >= 4 is 31.6 Å². The molecular formula is C15H16BrNO2S. The fourth-order valence-electron chi connectivity index (χ4n) is 1.89. The lowest BCUT2D eigenvalue weighted by atomic mass is 10.1. The van der Waals surface area contributed by atoms with Crippen LogP contribution in [0.15, 0.2) is 59.1 Å². The summed E-state index contributed by atoms with van der Waals surface area (Å²) in [6.07, 6.45) is 1.37. The van der Waals surface area contributed by atoms with Gasteiger partial charge in [-0.3, -0.25) is 4.72 Å². The molecule has 0 aliphatic carbocycles. The molecule has 0 unspecified atom stereocenters. The minimum Gasteiger partial charge on any atom is -0.284 e. The van der Waals surface area contributed by atoms with Gasteiger partial charge in [-0.25, -0.2) is 8.42 Å². The Kier molecular flexibility index (Phi) is 5.20. The highest BCUT2D eigenvalue weighted by atomic mass is 79.9. The average molecular weight is 354 g/mol. The van der Waals surface area contributed by atoms with E-state index in [1.165, 1.54) is 0 Å². The highest BCUT2D eigenvalue weighted by Gasteiger charge is 2.10. The first-order chi connectivity index (χ1) is 9.55. The first-order valence-electron chi connectivity index (χ1n) is 6.35. The molecule has 0 amide bonds. The van der Waals surface area contributed by atoms with Gasteiger partial charge in [0.05, 0.1) is 5.75 Å². The molecule has 3 nitrogen and oxygen atoms in total. The van der Waals surface area contributed by atoms with Gasteiger partial charge in [0.2, 0.25) is 10.0 Å². The van der Waals surface area contributed by atoms with Gasteiger partial charge in [-0.15, -0.1) is 0 Å². The van der Waals surface area contributed by atoms with Crippen LogP contribution in [-0.4, -0.2) is 14.2 Å². The van der Waals surface area contributed by atoms with E-state index in [4.69, 9.17) is 0 Å². The summed E-state index contributed by atoms with van der Waals surface area (Å²) in [5, 5.41) is 0. The van der Waals surface area contributed by atoms with E-state index in [2.05, 4.69) is 20.7 Å². The largest absolute Gasteiger partial charge is 0.284 e. The van der Waals surface area contributed by atoms with Crippen molar-refractivity contribution in [1.29, 1.82) is 0 Å². The molecule has 2 rings (SSSR count). The third-order valence-corrected chi connectivity index (χ3v) is 4.69. The van der Waals surface area contributed by atoms with Gasteiger partial charge < -0.3 is 0 Å². The summed E-state index contributed by atoms with van der Waals surface area (Å²) in [7, 11) is -3.29. The number of halogens is 1. The summed E-state index contributed by atoms with van der Waals surface area (Å²) in [6.45, 7) is 0. The van der Waals surface area contributed by atoms with E-state index in [1.54, 1.807) is 18.2 Å². The van der Waals surface area contributed by atoms with Crippen molar-refractivity contribution in [3.8, 4) is 0 Å². The molecule has 0 aliphatic rings. The fraction of sp³-hybridized carbons (Fsp3) is 0.200. The Morgan fingerprint density at radius 2 is 1.75 bits per heavy atom. The Balaban J connectivity index is 1.88. The van der Waals surface area contributed by atoms with E-state index in [1.807, 2.05) is 36.4 Å². The molecule has 0 atom stereocenters.